The van der Waals surface area contributed by atoms with Crippen molar-refractivity contribution in [2.75, 3.05) is 0 Å². The van der Waals surface area contributed by atoms with E-state index in [9.17, 15) is 0 Å². The van der Waals surface area contributed by atoms with Crippen molar-refractivity contribution in [1.29, 1.82) is 0 Å². The minimum atomic E-state index is -3.14. The van der Waals surface area contributed by atoms with Crippen molar-refractivity contribution in [2.24, 2.45) is 0 Å². The van der Waals surface area contributed by atoms with Gasteiger partial charge in [-0.1, -0.05) is 225 Å². The fourth-order valence-corrected chi connectivity index (χ4v) is 39.3. The third-order valence-corrected chi connectivity index (χ3v) is 33.9. The molecule has 1 aliphatic rings. The molecule has 0 spiro atoms. The normalized spacial score (nSPS) is 17.8. The molecule has 7 heteroatoms. The first-order chi connectivity index (χ1) is 25.7. The Morgan fingerprint density at radius 1 is 0.345 bits per heavy atom. The summed E-state index contributed by atoms with van der Waals surface area (Å²) in [6, 6.07) is 8.64. The lowest BCUT2D eigenvalue weighted by Gasteiger charge is -2.53. The van der Waals surface area contributed by atoms with Gasteiger partial charge in [-0.2, -0.15) is 0 Å². The molecular formula is C51H88Si7. The van der Waals surface area contributed by atoms with Crippen LogP contribution in [0.2, 0.25) is 123 Å². The second-order valence-corrected chi connectivity index (χ2v) is 59.5. The van der Waals surface area contributed by atoms with Gasteiger partial charge in [-0.3, -0.25) is 0 Å². The number of allylic oxidation sites excluding steroid dienone is 4. The maximum atomic E-state index is 2.88. The van der Waals surface area contributed by atoms with E-state index in [2.05, 4.69) is 211 Å². The molecule has 3 aromatic carbocycles. The summed E-state index contributed by atoms with van der Waals surface area (Å²) in [5.74, 6) is 0. The Bertz CT molecular complexity index is 2010. The molecule has 0 N–H and O–H groups in total. The first kappa shape index (κ1) is 49.3. The van der Waals surface area contributed by atoms with Crippen LogP contribution < -0.4 is 46.7 Å². The number of hydrogen-bond donors (Lipinski definition) is 0. The summed E-state index contributed by atoms with van der Waals surface area (Å²) in [6.45, 7) is 73.0. The summed E-state index contributed by atoms with van der Waals surface area (Å²) < 4.78 is 0. The number of aryl methyl sites for hydroxylation is 3. The van der Waals surface area contributed by atoms with E-state index in [1.165, 1.54) is 11.1 Å². The maximum Gasteiger partial charge on any atom is 0.161 e. The Labute approximate surface area is 367 Å². The van der Waals surface area contributed by atoms with Gasteiger partial charge in [0.2, 0.25) is 0 Å². The monoisotopic (exact) mass is 897 g/mol. The Morgan fingerprint density at radius 3 is 0.741 bits per heavy atom. The Hall–Kier alpha value is -1.34. The number of rotatable bonds is 10. The van der Waals surface area contributed by atoms with Gasteiger partial charge in [0.05, 0.1) is 48.4 Å². The molecular weight excluding hydrogens is 809 g/mol. The van der Waals surface area contributed by atoms with E-state index < -0.39 is 56.5 Å². The van der Waals surface area contributed by atoms with Gasteiger partial charge in [0.15, 0.2) is 8.07 Å². The largest absolute Gasteiger partial charge is 0.161 e. The quantitative estimate of drug-likeness (QED) is 0.141. The highest BCUT2D eigenvalue weighted by atomic mass is 28.3. The van der Waals surface area contributed by atoms with Crippen molar-refractivity contribution >= 4 is 103 Å². The summed E-state index contributed by atoms with van der Waals surface area (Å²) in [5.41, 5.74) is 14.2. The third kappa shape index (κ3) is 7.95. The van der Waals surface area contributed by atoms with E-state index in [0.717, 1.165) is 0 Å². The van der Waals surface area contributed by atoms with E-state index in [1.807, 2.05) is 0 Å². The van der Waals surface area contributed by atoms with Crippen molar-refractivity contribution < 1.29 is 0 Å². The van der Waals surface area contributed by atoms with E-state index >= 15 is 0 Å². The zero-order valence-electron chi connectivity index (χ0n) is 43.3. The molecule has 0 heterocycles. The van der Waals surface area contributed by atoms with Crippen LogP contribution in [0.25, 0.3) is 0 Å². The molecule has 1 aliphatic carbocycles. The molecule has 3 aromatic rings. The van der Waals surface area contributed by atoms with Gasteiger partial charge < -0.3 is 0 Å². The lowest BCUT2D eigenvalue weighted by molar-refractivity contribution is 0.871. The smallest absolute Gasteiger partial charge is 0.0730 e. The van der Waals surface area contributed by atoms with E-state index in [0.29, 0.717) is 0 Å². The Morgan fingerprint density at radius 2 is 0.569 bits per heavy atom. The lowest BCUT2D eigenvalue weighted by atomic mass is 10.0. The number of hydrogen-bond acceptors (Lipinski definition) is 0. The molecule has 0 aromatic heterocycles. The van der Waals surface area contributed by atoms with Crippen LogP contribution >= 0.6 is 0 Å². The van der Waals surface area contributed by atoms with Gasteiger partial charge >= 0.3 is 0 Å². The van der Waals surface area contributed by atoms with Crippen molar-refractivity contribution in [3.8, 4) is 0 Å². The van der Waals surface area contributed by atoms with Gasteiger partial charge in [0, 0.05) is 5.04 Å². The maximum absolute atomic E-state index is 3.14. The molecule has 0 fully saturated rings. The van der Waals surface area contributed by atoms with Gasteiger partial charge in [-0.15, -0.1) is 0 Å². The van der Waals surface area contributed by atoms with Crippen LogP contribution in [0.1, 0.15) is 61.1 Å². The lowest BCUT2D eigenvalue weighted by Crippen LogP contribution is -2.85. The van der Waals surface area contributed by atoms with Crippen LogP contribution in [0, 0.1) is 41.5 Å². The molecule has 0 bridgehead atoms. The van der Waals surface area contributed by atoms with Gasteiger partial charge in [-0.25, -0.2) is 0 Å². The topological polar surface area (TPSA) is 0 Å². The molecule has 0 saturated carbocycles. The highest BCUT2D eigenvalue weighted by molar-refractivity contribution is 7.21. The Balaban J connectivity index is 2.78. The SMILES string of the molecule is CC1=CC(C)([Si](c2cc(C)c([Si](C)(C)C)c(C)c2[Si](C)(C)C)(c2cc(C)c([Si](C)(C)C)c(C)c2[Si](C)(C)C)c2cc(C)c([Si](C)(C)C)c(C)c2[Si](C)(C)C)C(C)=C1C. The zero-order chi connectivity index (χ0) is 45.2. The average molecular weight is 898 g/mol. The van der Waals surface area contributed by atoms with Gasteiger partial charge in [0.25, 0.3) is 0 Å². The molecule has 0 saturated heterocycles. The molecule has 0 radical (unpaired) electrons. The summed E-state index contributed by atoms with van der Waals surface area (Å²) in [5, 5.41) is 15.6. The predicted molar refractivity (Wildman–Crippen MR) is 291 cm³/mol. The van der Waals surface area contributed by atoms with Crippen LogP contribution in [-0.4, -0.2) is 56.5 Å². The van der Waals surface area contributed by atoms with Crippen molar-refractivity contribution in [3.05, 3.63) is 74.4 Å². The molecule has 1 unspecified atom stereocenters. The fourth-order valence-electron chi connectivity index (χ4n) is 13.2. The molecule has 320 valence electrons. The second-order valence-electron chi connectivity index (χ2n) is 25.4. The minimum Gasteiger partial charge on any atom is -0.0730 e. The zero-order valence-corrected chi connectivity index (χ0v) is 50.3. The van der Waals surface area contributed by atoms with Crippen molar-refractivity contribution in [2.45, 2.75) is 192 Å². The van der Waals surface area contributed by atoms with Crippen molar-refractivity contribution in [1.82, 2.24) is 0 Å². The summed E-state index contributed by atoms with van der Waals surface area (Å²) >= 11 is 0. The van der Waals surface area contributed by atoms with Gasteiger partial charge in [0.1, 0.15) is 0 Å². The van der Waals surface area contributed by atoms with Crippen LogP contribution in [0.4, 0.5) is 0 Å². The first-order valence-electron chi connectivity index (χ1n) is 22.6. The van der Waals surface area contributed by atoms with Crippen molar-refractivity contribution in [3.63, 3.8) is 0 Å². The molecule has 0 aliphatic heterocycles. The van der Waals surface area contributed by atoms with Crippen LogP contribution in [-0.2, 0) is 0 Å². The number of benzene rings is 3. The minimum absolute atomic E-state index is 0.170. The van der Waals surface area contributed by atoms with E-state index in [4.69, 9.17) is 0 Å². The second kappa shape index (κ2) is 15.2. The average Bonchev–Trinajstić information content (AvgIpc) is 3.15. The highest BCUT2D eigenvalue weighted by Gasteiger charge is 2.61. The molecule has 0 amide bonds. The molecule has 1 atom stereocenters. The van der Waals surface area contributed by atoms with E-state index in [1.54, 1.807) is 85.6 Å². The predicted octanol–water partition coefficient (Wildman–Crippen LogP) is 10.3. The highest BCUT2D eigenvalue weighted by Crippen LogP contribution is 2.53. The van der Waals surface area contributed by atoms with Crippen LogP contribution in [0.3, 0.4) is 0 Å². The fraction of sp³-hybridized carbons (Fsp3) is 0.569. The van der Waals surface area contributed by atoms with E-state index in [-0.39, 0.29) is 5.04 Å². The molecule has 0 nitrogen and oxygen atoms in total. The van der Waals surface area contributed by atoms with Gasteiger partial charge in [-0.05, 0) is 83.4 Å². The third-order valence-electron chi connectivity index (χ3n) is 14.3. The summed E-state index contributed by atoms with van der Waals surface area (Å²) in [6.07, 6.45) is 2.84. The molecule has 58 heavy (non-hydrogen) atoms. The summed E-state index contributed by atoms with van der Waals surface area (Å²) in [7, 11) is -14.2. The van der Waals surface area contributed by atoms with Crippen LogP contribution in [0.5, 0.6) is 0 Å². The first-order valence-corrected chi connectivity index (χ1v) is 45.6. The van der Waals surface area contributed by atoms with Crippen LogP contribution in [0.15, 0.2) is 41.0 Å². The Kier molecular flexibility index (Phi) is 12.9. The molecule has 4 rings (SSSR count). The standard InChI is InChI=1S/C51H88Si7/c1-33-29-42(48(55(20,21)22)38(6)45(33)52(11,12)13)58(51(10)32-36(4)37(5)41(51)9,43-30-34(2)46(53(14,15)16)39(7)49(43)56(23,24)25)44-31-35(3)47(54(17,18)19)40(8)50(44)57(26,27)28/h29-32H,1-28H3. The summed E-state index contributed by atoms with van der Waals surface area (Å²) in [4.78, 5) is 0.